The lowest BCUT2D eigenvalue weighted by molar-refractivity contribution is 0.151. The van der Waals surface area contributed by atoms with Crippen LogP contribution in [0, 0.1) is 0 Å². The summed E-state index contributed by atoms with van der Waals surface area (Å²) in [6.07, 6.45) is 7.79. The molecule has 1 aliphatic carbocycles. The van der Waals surface area contributed by atoms with Crippen LogP contribution in [0.5, 0.6) is 0 Å². The highest BCUT2D eigenvalue weighted by Gasteiger charge is 2.19. The van der Waals surface area contributed by atoms with Crippen LogP contribution in [0.1, 0.15) is 45.4 Å². The zero-order valence-corrected chi connectivity index (χ0v) is 9.99. The van der Waals surface area contributed by atoms with E-state index in [2.05, 4.69) is 11.8 Å². The normalized spacial score (nSPS) is 20.8. The third kappa shape index (κ3) is 4.49. The first kappa shape index (κ1) is 12.9. The van der Waals surface area contributed by atoms with Gasteiger partial charge in [-0.25, -0.2) is 0 Å². The molecule has 0 saturated heterocycles. The average Bonchev–Trinajstić information content (AvgIpc) is 2.31. The molecule has 1 rings (SSSR count). The van der Waals surface area contributed by atoms with Gasteiger partial charge in [-0.2, -0.15) is 0 Å². The van der Waals surface area contributed by atoms with Gasteiger partial charge in [0.1, 0.15) is 0 Å². The van der Waals surface area contributed by atoms with Crippen molar-refractivity contribution in [1.29, 1.82) is 0 Å². The SMILES string of the molecule is CCN(CCC(N)CO)C1CCCCC1. The molecule has 1 unspecified atom stereocenters. The van der Waals surface area contributed by atoms with Crippen molar-refractivity contribution < 1.29 is 5.11 Å². The maximum Gasteiger partial charge on any atom is 0.0583 e. The monoisotopic (exact) mass is 214 g/mol. The fourth-order valence-corrected chi connectivity index (χ4v) is 2.47. The van der Waals surface area contributed by atoms with Gasteiger partial charge in [0, 0.05) is 12.1 Å². The summed E-state index contributed by atoms with van der Waals surface area (Å²) >= 11 is 0. The summed E-state index contributed by atoms with van der Waals surface area (Å²) in [5.41, 5.74) is 5.73. The van der Waals surface area contributed by atoms with Crippen LogP contribution in [0.15, 0.2) is 0 Å². The standard InChI is InChI=1S/C12H26N2O/c1-2-14(9-8-11(13)10-15)12-6-4-3-5-7-12/h11-12,15H,2-10,13H2,1H3. The third-order valence-electron chi connectivity index (χ3n) is 3.52. The van der Waals surface area contributed by atoms with E-state index < -0.39 is 0 Å². The van der Waals surface area contributed by atoms with Gasteiger partial charge in [-0.05, 0) is 32.4 Å². The summed E-state index contributed by atoms with van der Waals surface area (Å²) in [4.78, 5) is 2.54. The number of hydrogen-bond acceptors (Lipinski definition) is 3. The van der Waals surface area contributed by atoms with E-state index in [-0.39, 0.29) is 12.6 Å². The van der Waals surface area contributed by atoms with E-state index in [1.165, 1.54) is 32.1 Å². The van der Waals surface area contributed by atoms with E-state index in [4.69, 9.17) is 10.8 Å². The van der Waals surface area contributed by atoms with Crippen LogP contribution in [-0.4, -0.2) is 41.8 Å². The topological polar surface area (TPSA) is 49.5 Å². The average molecular weight is 214 g/mol. The molecular weight excluding hydrogens is 188 g/mol. The molecule has 3 heteroatoms. The molecule has 1 aliphatic rings. The molecule has 3 nitrogen and oxygen atoms in total. The third-order valence-corrected chi connectivity index (χ3v) is 3.52. The largest absolute Gasteiger partial charge is 0.395 e. The van der Waals surface area contributed by atoms with E-state index in [9.17, 15) is 0 Å². The Morgan fingerprint density at radius 1 is 1.33 bits per heavy atom. The van der Waals surface area contributed by atoms with Crippen molar-refractivity contribution in [2.45, 2.75) is 57.5 Å². The van der Waals surface area contributed by atoms with Crippen molar-refractivity contribution in [2.24, 2.45) is 5.73 Å². The fourth-order valence-electron chi connectivity index (χ4n) is 2.47. The lowest BCUT2D eigenvalue weighted by atomic mass is 9.94. The number of rotatable bonds is 6. The number of hydrogen-bond donors (Lipinski definition) is 2. The van der Waals surface area contributed by atoms with Gasteiger partial charge < -0.3 is 15.7 Å². The van der Waals surface area contributed by atoms with E-state index in [0.717, 1.165) is 25.6 Å². The minimum absolute atomic E-state index is 0.0392. The van der Waals surface area contributed by atoms with Gasteiger partial charge in [-0.15, -0.1) is 0 Å². The zero-order valence-electron chi connectivity index (χ0n) is 9.99. The van der Waals surface area contributed by atoms with Crippen molar-refractivity contribution in [3.8, 4) is 0 Å². The van der Waals surface area contributed by atoms with Gasteiger partial charge >= 0.3 is 0 Å². The number of nitrogens with zero attached hydrogens (tertiary/aromatic N) is 1. The molecule has 0 aliphatic heterocycles. The Bertz CT molecular complexity index is 158. The van der Waals surface area contributed by atoms with Crippen molar-refractivity contribution in [3.63, 3.8) is 0 Å². The van der Waals surface area contributed by atoms with Crippen LogP contribution >= 0.6 is 0 Å². The Balaban J connectivity index is 2.27. The molecule has 3 N–H and O–H groups in total. The Kier molecular flexibility index (Phi) is 6.22. The second-order valence-electron chi connectivity index (χ2n) is 4.65. The van der Waals surface area contributed by atoms with Gasteiger partial charge in [0.05, 0.1) is 6.61 Å². The van der Waals surface area contributed by atoms with Gasteiger partial charge in [0.2, 0.25) is 0 Å². The van der Waals surface area contributed by atoms with E-state index >= 15 is 0 Å². The lowest BCUT2D eigenvalue weighted by Crippen LogP contribution is -2.40. The molecule has 0 aromatic carbocycles. The summed E-state index contributed by atoms with van der Waals surface area (Å²) in [5.74, 6) is 0. The van der Waals surface area contributed by atoms with Crippen LogP contribution in [0.2, 0.25) is 0 Å². The Morgan fingerprint density at radius 3 is 2.53 bits per heavy atom. The molecule has 0 heterocycles. The molecule has 1 saturated carbocycles. The van der Waals surface area contributed by atoms with E-state index in [1.54, 1.807) is 0 Å². The summed E-state index contributed by atoms with van der Waals surface area (Å²) in [7, 11) is 0. The van der Waals surface area contributed by atoms with Gasteiger partial charge in [-0.3, -0.25) is 0 Å². The summed E-state index contributed by atoms with van der Waals surface area (Å²) in [6.45, 7) is 4.49. The highest BCUT2D eigenvalue weighted by Crippen LogP contribution is 2.22. The molecule has 0 spiro atoms. The van der Waals surface area contributed by atoms with Gasteiger partial charge in [0.25, 0.3) is 0 Å². The molecular formula is C12H26N2O. The Labute approximate surface area is 93.6 Å². The number of aliphatic hydroxyl groups excluding tert-OH is 1. The molecule has 90 valence electrons. The van der Waals surface area contributed by atoms with Crippen molar-refractivity contribution in [1.82, 2.24) is 4.90 Å². The summed E-state index contributed by atoms with van der Waals surface area (Å²) in [6, 6.07) is 0.734. The number of aliphatic hydroxyl groups is 1. The molecule has 0 aromatic rings. The summed E-state index contributed by atoms with van der Waals surface area (Å²) < 4.78 is 0. The predicted molar refractivity (Wildman–Crippen MR) is 63.8 cm³/mol. The smallest absolute Gasteiger partial charge is 0.0583 e. The molecule has 0 bridgehead atoms. The highest BCUT2D eigenvalue weighted by molar-refractivity contribution is 4.76. The number of nitrogens with two attached hydrogens (primary N) is 1. The highest BCUT2D eigenvalue weighted by atomic mass is 16.3. The first-order valence-electron chi connectivity index (χ1n) is 6.38. The lowest BCUT2D eigenvalue weighted by Gasteiger charge is -2.34. The first-order valence-corrected chi connectivity index (χ1v) is 6.38. The Hall–Kier alpha value is -0.120. The van der Waals surface area contributed by atoms with Crippen molar-refractivity contribution in [3.05, 3.63) is 0 Å². The molecule has 0 amide bonds. The molecule has 1 fully saturated rings. The quantitative estimate of drug-likeness (QED) is 0.702. The second kappa shape index (κ2) is 7.20. The van der Waals surface area contributed by atoms with Crippen molar-refractivity contribution in [2.75, 3.05) is 19.7 Å². The zero-order chi connectivity index (χ0) is 11.1. The van der Waals surface area contributed by atoms with E-state index in [0.29, 0.717) is 0 Å². The van der Waals surface area contributed by atoms with Crippen LogP contribution in [-0.2, 0) is 0 Å². The minimum Gasteiger partial charge on any atom is -0.395 e. The predicted octanol–water partition coefficient (Wildman–Crippen LogP) is 1.35. The summed E-state index contributed by atoms with van der Waals surface area (Å²) in [5, 5.41) is 8.89. The first-order chi connectivity index (χ1) is 7.27. The van der Waals surface area contributed by atoms with Crippen LogP contribution in [0.25, 0.3) is 0 Å². The molecule has 0 radical (unpaired) electrons. The van der Waals surface area contributed by atoms with Crippen LogP contribution in [0.4, 0.5) is 0 Å². The molecule has 0 aromatic heterocycles. The minimum atomic E-state index is -0.0392. The van der Waals surface area contributed by atoms with Crippen LogP contribution in [0.3, 0.4) is 0 Å². The van der Waals surface area contributed by atoms with E-state index in [1.807, 2.05) is 0 Å². The second-order valence-corrected chi connectivity index (χ2v) is 4.65. The van der Waals surface area contributed by atoms with Crippen LogP contribution < -0.4 is 5.73 Å². The maximum absolute atomic E-state index is 8.89. The molecule has 15 heavy (non-hydrogen) atoms. The van der Waals surface area contributed by atoms with Gasteiger partial charge in [-0.1, -0.05) is 26.2 Å². The molecule has 1 atom stereocenters. The maximum atomic E-state index is 8.89. The van der Waals surface area contributed by atoms with Crippen molar-refractivity contribution >= 4 is 0 Å². The van der Waals surface area contributed by atoms with Gasteiger partial charge in [0.15, 0.2) is 0 Å². The Morgan fingerprint density at radius 2 is 2.00 bits per heavy atom. The fraction of sp³-hybridized carbons (Fsp3) is 1.00.